The van der Waals surface area contributed by atoms with Crippen LogP contribution in [0.25, 0.3) is 0 Å². The maximum Gasteiger partial charge on any atom is 0.268 e. The molecule has 0 saturated heterocycles. The Labute approximate surface area is 113 Å². The first kappa shape index (κ1) is 12.5. The summed E-state index contributed by atoms with van der Waals surface area (Å²) in [5.74, 6) is 0. The average molecular weight is 316 g/mol. The standard InChI is InChI=1S/C12H12BrClN2O/c1-7-3-4-9(5-10(7)14)8(2)16-12(17)6-11(13)15-16/h3-6,8,15H,1-2H3. The first-order valence-electron chi connectivity index (χ1n) is 5.22. The van der Waals surface area contributed by atoms with Crippen LogP contribution in [-0.2, 0) is 0 Å². The summed E-state index contributed by atoms with van der Waals surface area (Å²) in [6.07, 6.45) is 0. The number of rotatable bonds is 2. The van der Waals surface area contributed by atoms with E-state index in [4.69, 9.17) is 11.6 Å². The van der Waals surface area contributed by atoms with E-state index in [0.717, 1.165) is 11.1 Å². The number of nitrogens with zero attached hydrogens (tertiary/aromatic N) is 1. The van der Waals surface area contributed by atoms with Crippen LogP contribution in [0.3, 0.4) is 0 Å². The zero-order valence-corrected chi connectivity index (χ0v) is 11.8. The quantitative estimate of drug-likeness (QED) is 0.905. The Hall–Kier alpha value is -1.000. The molecule has 2 rings (SSSR count). The number of nitrogens with one attached hydrogen (secondary N) is 1. The SMILES string of the molecule is Cc1ccc(C(C)n2[nH]c(Br)cc2=O)cc1Cl. The van der Waals surface area contributed by atoms with Crippen molar-refractivity contribution in [1.29, 1.82) is 0 Å². The van der Waals surface area contributed by atoms with Crippen LogP contribution in [0.5, 0.6) is 0 Å². The Kier molecular flexibility index (Phi) is 3.45. The van der Waals surface area contributed by atoms with Crippen molar-refractivity contribution in [2.75, 3.05) is 0 Å². The van der Waals surface area contributed by atoms with Gasteiger partial charge in [0.15, 0.2) is 0 Å². The second-order valence-electron chi connectivity index (χ2n) is 4.00. The van der Waals surface area contributed by atoms with Gasteiger partial charge in [-0.15, -0.1) is 0 Å². The highest BCUT2D eigenvalue weighted by Crippen LogP contribution is 2.23. The van der Waals surface area contributed by atoms with Crippen molar-refractivity contribution in [3.63, 3.8) is 0 Å². The number of aromatic amines is 1. The molecule has 0 saturated carbocycles. The summed E-state index contributed by atoms with van der Waals surface area (Å²) < 4.78 is 2.23. The second kappa shape index (κ2) is 4.70. The molecule has 0 aliphatic heterocycles. The molecular weight excluding hydrogens is 304 g/mol. The van der Waals surface area contributed by atoms with Crippen LogP contribution < -0.4 is 5.56 Å². The van der Waals surface area contributed by atoms with E-state index in [1.165, 1.54) is 6.07 Å². The topological polar surface area (TPSA) is 37.8 Å². The molecule has 1 heterocycles. The van der Waals surface area contributed by atoms with Gasteiger partial charge in [0.1, 0.15) is 4.60 Å². The fourth-order valence-corrected chi connectivity index (χ4v) is 2.26. The van der Waals surface area contributed by atoms with Crippen molar-refractivity contribution in [2.24, 2.45) is 0 Å². The van der Waals surface area contributed by atoms with Gasteiger partial charge in [0.25, 0.3) is 5.56 Å². The third-order valence-corrected chi connectivity index (χ3v) is 3.59. The van der Waals surface area contributed by atoms with Gasteiger partial charge in [-0.2, -0.15) is 0 Å². The number of H-pyrrole nitrogens is 1. The highest BCUT2D eigenvalue weighted by molar-refractivity contribution is 9.10. The maximum atomic E-state index is 11.7. The molecule has 1 N–H and O–H groups in total. The summed E-state index contributed by atoms with van der Waals surface area (Å²) in [4.78, 5) is 11.7. The Bertz CT molecular complexity index is 603. The van der Waals surface area contributed by atoms with E-state index in [0.29, 0.717) is 9.63 Å². The summed E-state index contributed by atoms with van der Waals surface area (Å²) in [7, 11) is 0. The van der Waals surface area contributed by atoms with E-state index in [-0.39, 0.29) is 11.6 Å². The van der Waals surface area contributed by atoms with Gasteiger partial charge >= 0.3 is 0 Å². The van der Waals surface area contributed by atoms with Gasteiger partial charge in [0.05, 0.1) is 6.04 Å². The molecule has 0 amide bonds. The van der Waals surface area contributed by atoms with Crippen LogP contribution in [0.2, 0.25) is 5.02 Å². The van der Waals surface area contributed by atoms with Crippen molar-refractivity contribution in [1.82, 2.24) is 9.78 Å². The summed E-state index contributed by atoms with van der Waals surface area (Å²) in [5.41, 5.74) is 1.96. The number of benzene rings is 1. The van der Waals surface area contributed by atoms with Gasteiger partial charge in [0, 0.05) is 11.1 Å². The van der Waals surface area contributed by atoms with Crippen LogP contribution in [0.15, 0.2) is 33.7 Å². The van der Waals surface area contributed by atoms with Crippen molar-refractivity contribution in [3.8, 4) is 0 Å². The minimum atomic E-state index is -0.0769. The van der Waals surface area contributed by atoms with Gasteiger partial charge in [-0.3, -0.25) is 9.89 Å². The molecule has 5 heteroatoms. The number of halogens is 2. The summed E-state index contributed by atoms with van der Waals surface area (Å²) in [6, 6.07) is 7.26. The van der Waals surface area contributed by atoms with Gasteiger partial charge in [-0.1, -0.05) is 23.7 Å². The van der Waals surface area contributed by atoms with Crippen molar-refractivity contribution in [2.45, 2.75) is 19.9 Å². The molecule has 3 nitrogen and oxygen atoms in total. The number of hydrogen-bond donors (Lipinski definition) is 1. The van der Waals surface area contributed by atoms with Crippen LogP contribution in [0.4, 0.5) is 0 Å². The zero-order chi connectivity index (χ0) is 12.6. The van der Waals surface area contributed by atoms with E-state index in [2.05, 4.69) is 21.0 Å². The van der Waals surface area contributed by atoms with Crippen LogP contribution in [0.1, 0.15) is 24.1 Å². The lowest BCUT2D eigenvalue weighted by molar-refractivity contribution is 0.545. The highest BCUT2D eigenvalue weighted by atomic mass is 79.9. The lowest BCUT2D eigenvalue weighted by Gasteiger charge is -2.13. The van der Waals surface area contributed by atoms with Gasteiger partial charge in [-0.25, -0.2) is 4.68 Å². The van der Waals surface area contributed by atoms with E-state index < -0.39 is 0 Å². The number of hydrogen-bond acceptors (Lipinski definition) is 1. The van der Waals surface area contributed by atoms with E-state index in [1.54, 1.807) is 4.68 Å². The van der Waals surface area contributed by atoms with Crippen LogP contribution >= 0.6 is 27.5 Å². The Morgan fingerprint density at radius 3 is 2.65 bits per heavy atom. The first-order chi connectivity index (χ1) is 7.99. The fraction of sp³-hybridized carbons (Fsp3) is 0.250. The number of aromatic nitrogens is 2. The van der Waals surface area contributed by atoms with Crippen LogP contribution in [0, 0.1) is 6.92 Å². The molecule has 1 atom stereocenters. The molecule has 0 aliphatic carbocycles. The van der Waals surface area contributed by atoms with Crippen molar-refractivity contribution < 1.29 is 0 Å². The summed E-state index contributed by atoms with van der Waals surface area (Å²) in [5, 5.41) is 3.67. The minimum Gasteiger partial charge on any atom is -0.288 e. The normalized spacial score (nSPS) is 12.7. The molecular formula is C12H12BrClN2O. The third kappa shape index (κ3) is 2.48. The van der Waals surface area contributed by atoms with E-state index in [1.807, 2.05) is 32.0 Å². The molecule has 1 aromatic carbocycles. The average Bonchev–Trinajstić information content (AvgIpc) is 2.61. The molecule has 2 aromatic rings. The first-order valence-corrected chi connectivity index (χ1v) is 6.39. The second-order valence-corrected chi connectivity index (χ2v) is 5.26. The molecule has 0 fully saturated rings. The lowest BCUT2D eigenvalue weighted by atomic mass is 10.1. The summed E-state index contributed by atoms with van der Waals surface area (Å²) in [6.45, 7) is 3.90. The molecule has 0 bridgehead atoms. The molecule has 1 unspecified atom stereocenters. The van der Waals surface area contributed by atoms with E-state index in [9.17, 15) is 4.79 Å². The third-order valence-electron chi connectivity index (χ3n) is 2.78. The lowest BCUT2D eigenvalue weighted by Crippen LogP contribution is -2.20. The van der Waals surface area contributed by atoms with Gasteiger partial charge in [0.2, 0.25) is 0 Å². The Balaban J connectivity index is 2.43. The predicted molar refractivity (Wildman–Crippen MR) is 72.8 cm³/mol. The smallest absolute Gasteiger partial charge is 0.268 e. The van der Waals surface area contributed by atoms with Gasteiger partial charge in [-0.05, 0) is 47.0 Å². The van der Waals surface area contributed by atoms with Crippen molar-refractivity contribution >= 4 is 27.5 Å². The van der Waals surface area contributed by atoms with Crippen LogP contribution in [-0.4, -0.2) is 9.78 Å². The molecule has 90 valence electrons. The largest absolute Gasteiger partial charge is 0.288 e. The monoisotopic (exact) mass is 314 g/mol. The maximum absolute atomic E-state index is 11.7. The summed E-state index contributed by atoms with van der Waals surface area (Å²) >= 11 is 9.33. The molecule has 17 heavy (non-hydrogen) atoms. The Morgan fingerprint density at radius 2 is 2.12 bits per heavy atom. The van der Waals surface area contributed by atoms with Crippen molar-refractivity contribution in [3.05, 3.63) is 55.4 Å². The fourth-order valence-electron chi connectivity index (χ4n) is 1.69. The minimum absolute atomic E-state index is 0.0685. The zero-order valence-electron chi connectivity index (χ0n) is 9.50. The molecule has 0 radical (unpaired) electrons. The molecule has 1 aromatic heterocycles. The Morgan fingerprint density at radius 1 is 1.41 bits per heavy atom. The molecule has 0 spiro atoms. The van der Waals surface area contributed by atoms with Gasteiger partial charge < -0.3 is 0 Å². The predicted octanol–water partition coefficient (Wildman–Crippen LogP) is 3.51. The number of aryl methyl sites for hydroxylation is 1. The van der Waals surface area contributed by atoms with E-state index >= 15 is 0 Å². The molecule has 0 aliphatic rings. The highest BCUT2D eigenvalue weighted by Gasteiger charge is 2.12.